The highest BCUT2D eigenvalue weighted by Gasteiger charge is 2.14. The Morgan fingerprint density at radius 2 is 2.25 bits per heavy atom. The summed E-state index contributed by atoms with van der Waals surface area (Å²) in [5.41, 5.74) is 1.64. The second kappa shape index (κ2) is 5.30. The smallest absolute Gasteiger partial charge is 0.181 e. The maximum atomic E-state index is 13.4. The largest absolute Gasteiger partial charge is 0.422 e. The van der Waals surface area contributed by atoms with E-state index in [9.17, 15) is 4.39 Å². The van der Waals surface area contributed by atoms with E-state index in [0.29, 0.717) is 27.7 Å². The fourth-order valence-electron chi connectivity index (χ4n) is 1.86. The van der Waals surface area contributed by atoms with Crippen molar-refractivity contribution in [3.05, 3.63) is 47.5 Å². The molecule has 3 aromatic rings. The molecule has 0 amide bonds. The van der Waals surface area contributed by atoms with Crippen molar-refractivity contribution in [3.8, 4) is 17.0 Å². The van der Waals surface area contributed by atoms with Crippen LogP contribution in [-0.4, -0.2) is 20.9 Å². The quantitative estimate of drug-likeness (QED) is 0.689. The Bertz CT molecular complexity index is 777. The van der Waals surface area contributed by atoms with Crippen molar-refractivity contribution in [2.75, 3.05) is 6.26 Å². The van der Waals surface area contributed by atoms with Crippen molar-refractivity contribution in [2.45, 2.75) is 0 Å². The number of fused-ring (bicyclic) bond motifs is 1. The van der Waals surface area contributed by atoms with E-state index in [1.807, 2.05) is 0 Å². The third kappa shape index (κ3) is 2.32. The molecule has 0 aliphatic carbocycles. The van der Waals surface area contributed by atoms with Gasteiger partial charge in [-0.1, -0.05) is 23.7 Å². The van der Waals surface area contributed by atoms with Gasteiger partial charge in [-0.3, -0.25) is 0 Å². The van der Waals surface area contributed by atoms with Crippen molar-refractivity contribution in [1.29, 1.82) is 0 Å². The summed E-state index contributed by atoms with van der Waals surface area (Å²) < 4.78 is 20.4. The molecule has 0 radical (unpaired) electrons. The highest BCUT2D eigenvalue weighted by Crippen LogP contribution is 2.32. The fourth-order valence-corrected chi connectivity index (χ4v) is 2.33. The SMILES string of the molecule is CSOc1cn2ncc(Cl)c2nc1-c1cccc(F)c1. The number of aromatic nitrogens is 3. The second-order valence-electron chi connectivity index (χ2n) is 3.97. The van der Waals surface area contributed by atoms with E-state index in [0.717, 1.165) is 0 Å². The van der Waals surface area contributed by atoms with Gasteiger partial charge >= 0.3 is 0 Å². The number of benzene rings is 1. The Hall–Kier alpha value is -1.79. The van der Waals surface area contributed by atoms with E-state index >= 15 is 0 Å². The number of rotatable bonds is 3. The number of hydrogen-bond acceptors (Lipinski definition) is 4. The lowest BCUT2D eigenvalue weighted by molar-refractivity contribution is 0.626. The summed E-state index contributed by atoms with van der Waals surface area (Å²) in [4.78, 5) is 4.43. The third-order valence-corrected chi connectivity index (χ3v) is 3.30. The van der Waals surface area contributed by atoms with Crippen LogP contribution in [0.4, 0.5) is 4.39 Å². The molecule has 0 bridgehead atoms. The van der Waals surface area contributed by atoms with Gasteiger partial charge in [0.25, 0.3) is 0 Å². The monoisotopic (exact) mass is 309 g/mol. The molecule has 2 aromatic heterocycles. The minimum absolute atomic E-state index is 0.334. The fraction of sp³-hybridized carbons (Fsp3) is 0.0769. The van der Waals surface area contributed by atoms with Gasteiger partial charge in [0.15, 0.2) is 11.4 Å². The first kappa shape index (κ1) is 13.2. The zero-order valence-electron chi connectivity index (χ0n) is 10.4. The van der Waals surface area contributed by atoms with Gasteiger partial charge in [-0.15, -0.1) is 0 Å². The normalized spacial score (nSPS) is 10.9. The van der Waals surface area contributed by atoms with Gasteiger partial charge < -0.3 is 4.18 Å². The van der Waals surface area contributed by atoms with E-state index in [1.54, 1.807) is 24.6 Å². The third-order valence-electron chi connectivity index (χ3n) is 2.69. The van der Waals surface area contributed by atoms with Gasteiger partial charge in [-0.05, 0) is 12.1 Å². The highest BCUT2D eigenvalue weighted by atomic mass is 35.5. The lowest BCUT2D eigenvalue weighted by Gasteiger charge is -2.09. The van der Waals surface area contributed by atoms with Crippen LogP contribution >= 0.6 is 23.6 Å². The van der Waals surface area contributed by atoms with Crippen LogP contribution in [0.1, 0.15) is 0 Å². The van der Waals surface area contributed by atoms with E-state index in [4.69, 9.17) is 15.8 Å². The molecule has 0 saturated carbocycles. The van der Waals surface area contributed by atoms with Crippen LogP contribution in [0.3, 0.4) is 0 Å². The predicted molar refractivity (Wildman–Crippen MR) is 77.5 cm³/mol. The molecule has 0 atom stereocenters. The minimum Gasteiger partial charge on any atom is -0.422 e. The standard InChI is InChI=1S/C13H9ClFN3OS/c1-20-19-11-7-18-13(10(14)6-16-18)17-12(11)8-3-2-4-9(15)5-8/h2-7H,1H3. The van der Waals surface area contributed by atoms with Crippen molar-refractivity contribution >= 4 is 29.3 Å². The second-order valence-corrected chi connectivity index (χ2v) is 4.88. The van der Waals surface area contributed by atoms with Crippen molar-refractivity contribution in [3.63, 3.8) is 0 Å². The molecule has 0 aliphatic heterocycles. The molecule has 0 unspecified atom stereocenters. The molecule has 0 saturated heterocycles. The Morgan fingerprint density at radius 1 is 1.40 bits per heavy atom. The van der Waals surface area contributed by atoms with E-state index in [1.165, 1.54) is 34.9 Å². The van der Waals surface area contributed by atoms with Crippen LogP contribution in [0.2, 0.25) is 5.02 Å². The first-order valence-corrected chi connectivity index (χ1v) is 7.22. The molecule has 2 heterocycles. The van der Waals surface area contributed by atoms with Crippen LogP contribution in [0, 0.1) is 5.82 Å². The molecule has 3 rings (SSSR count). The average molecular weight is 310 g/mol. The minimum atomic E-state index is -0.334. The number of halogens is 2. The van der Waals surface area contributed by atoms with Gasteiger partial charge in [0.05, 0.1) is 24.4 Å². The molecule has 0 fully saturated rings. The van der Waals surface area contributed by atoms with Gasteiger partial charge in [0.2, 0.25) is 0 Å². The zero-order chi connectivity index (χ0) is 14.1. The van der Waals surface area contributed by atoms with Gasteiger partial charge in [0.1, 0.15) is 16.5 Å². The van der Waals surface area contributed by atoms with Gasteiger partial charge in [-0.25, -0.2) is 13.9 Å². The van der Waals surface area contributed by atoms with Gasteiger partial charge in [-0.2, -0.15) is 5.10 Å². The molecule has 0 aliphatic rings. The molecule has 0 spiro atoms. The van der Waals surface area contributed by atoms with Crippen molar-refractivity contribution < 1.29 is 8.57 Å². The molecule has 1 aromatic carbocycles. The summed E-state index contributed by atoms with van der Waals surface area (Å²) in [5, 5.41) is 4.50. The topological polar surface area (TPSA) is 39.4 Å². The van der Waals surface area contributed by atoms with Crippen molar-refractivity contribution in [1.82, 2.24) is 14.6 Å². The molecular formula is C13H9ClFN3OS. The first-order chi connectivity index (χ1) is 9.69. The summed E-state index contributed by atoms with van der Waals surface area (Å²) in [5.74, 6) is 0.161. The number of hydrogen-bond donors (Lipinski definition) is 0. The van der Waals surface area contributed by atoms with Crippen LogP contribution in [0.25, 0.3) is 16.9 Å². The Kier molecular flexibility index (Phi) is 3.50. The average Bonchev–Trinajstić information content (AvgIpc) is 2.79. The van der Waals surface area contributed by atoms with Gasteiger partial charge in [0, 0.05) is 11.8 Å². The summed E-state index contributed by atoms with van der Waals surface area (Å²) >= 11 is 7.20. The molecular weight excluding hydrogens is 301 g/mol. The van der Waals surface area contributed by atoms with E-state index in [2.05, 4.69) is 10.1 Å². The maximum absolute atomic E-state index is 13.4. The summed E-state index contributed by atoms with van der Waals surface area (Å²) in [6.07, 6.45) is 4.96. The molecule has 7 heteroatoms. The molecule has 20 heavy (non-hydrogen) atoms. The van der Waals surface area contributed by atoms with Crippen molar-refractivity contribution in [2.24, 2.45) is 0 Å². The van der Waals surface area contributed by atoms with Crippen LogP contribution in [-0.2, 0) is 0 Å². The summed E-state index contributed by atoms with van der Waals surface area (Å²) in [6.45, 7) is 0. The summed E-state index contributed by atoms with van der Waals surface area (Å²) in [6, 6.07) is 6.16. The highest BCUT2D eigenvalue weighted by molar-refractivity contribution is 7.94. The van der Waals surface area contributed by atoms with Crippen LogP contribution in [0.15, 0.2) is 36.7 Å². The van der Waals surface area contributed by atoms with E-state index in [-0.39, 0.29) is 5.82 Å². The molecule has 102 valence electrons. The van der Waals surface area contributed by atoms with Crippen LogP contribution < -0.4 is 4.18 Å². The summed E-state index contributed by atoms with van der Waals surface area (Å²) in [7, 11) is 0. The molecule has 4 nitrogen and oxygen atoms in total. The lowest BCUT2D eigenvalue weighted by atomic mass is 10.1. The van der Waals surface area contributed by atoms with Crippen LogP contribution in [0.5, 0.6) is 5.75 Å². The number of nitrogens with zero attached hydrogens (tertiary/aromatic N) is 3. The van der Waals surface area contributed by atoms with E-state index < -0.39 is 0 Å². The Morgan fingerprint density at radius 3 is 3.00 bits per heavy atom. The Balaban J connectivity index is 2.25. The zero-order valence-corrected chi connectivity index (χ0v) is 12.0. The first-order valence-electron chi connectivity index (χ1n) is 5.69. The maximum Gasteiger partial charge on any atom is 0.181 e. The molecule has 0 N–H and O–H groups in total. The lowest BCUT2D eigenvalue weighted by Crippen LogP contribution is -1.97. The predicted octanol–water partition coefficient (Wildman–Crippen LogP) is 3.85. The Labute approximate surface area is 123 Å².